The molecule has 0 spiro atoms. The van der Waals surface area contributed by atoms with Gasteiger partial charge in [0.05, 0.1) is 15.7 Å². The highest BCUT2D eigenvalue weighted by Crippen LogP contribution is 2.35. The molecule has 0 amide bonds. The molecule has 0 atom stereocenters. The highest BCUT2D eigenvalue weighted by Gasteiger charge is 2.13. The van der Waals surface area contributed by atoms with Crippen molar-refractivity contribution < 1.29 is 0 Å². The number of aryl methyl sites for hydroxylation is 1. The summed E-state index contributed by atoms with van der Waals surface area (Å²) in [7, 11) is 0. The zero-order chi connectivity index (χ0) is 8.55. The van der Waals surface area contributed by atoms with Crippen LogP contribution < -0.4 is 5.32 Å². The molecule has 1 nitrogen and oxygen atoms in total. The van der Waals surface area contributed by atoms with Crippen LogP contribution >= 0.6 is 23.2 Å². The van der Waals surface area contributed by atoms with Gasteiger partial charge in [0.15, 0.2) is 0 Å². The Morgan fingerprint density at radius 3 is 2.92 bits per heavy atom. The molecule has 0 radical (unpaired) electrons. The third kappa shape index (κ3) is 1.27. The van der Waals surface area contributed by atoms with Crippen molar-refractivity contribution >= 4 is 28.9 Å². The number of rotatable bonds is 0. The molecule has 64 valence electrons. The van der Waals surface area contributed by atoms with E-state index in [1.807, 2.05) is 12.1 Å². The molecule has 1 aliphatic rings. The van der Waals surface area contributed by atoms with Gasteiger partial charge in [0.2, 0.25) is 0 Å². The Bertz CT molecular complexity index is 310. The molecular weight excluding hydrogens is 193 g/mol. The van der Waals surface area contributed by atoms with Crippen LogP contribution in [0.5, 0.6) is 0 Å². The first kappa shape index (κ1) is 8.21. The predicted octanol–water partition coefficient (Wildman–Crippen LogP) is 3.35. The van der Waals surface area contributed by atoms with Gasteiger partial charge in [0.1, 0.15) is 0 Å². The lowest BCUT2D eigenvalue weighted by atomic mass is 10.0. The lowest BCUT2D eigenvalue weighted by Gasteiger charge is -2.19. The van der Waals surface area contributed by atoms with Crippen LogP contribution in [0.4, 0.5) is 5.69 Å². The highest BCUT2D eigenvalue weighted by molar-refractivity contribution is 6.43. The molecule has 1 N–H and O–H groups in total. The van der Waals surface area contributed by atoms with Crippen molar-refractivity contribution in [2.24, 2.45) is 0 Å². The number of halogens is 2. The molecule has 3 heteroatoms. The van der Waals surface area contributed by atoms with E-state index in [0.717, 1.165) is 18.7 Å². The van der Waals surface area contributed by atoms with Gasteiger partial charge in [-0.05, 0) is 24.5 Å². The zero-order valence-electron chi connectivity index (χ0n) is 6.53. The summed E-state index contributed by atoms with van der Waals surface area (Å²) < 4.78 is 0. The summed E-state index contributed by atoms with van der Waals surface area (Å²) in [5.74, 6) is 0. The fourth-order valence-electron chi connectivity index (χ4n) is 1.48. The van der Waals surface area contributed by atoms with Crippen LogP contribution in [-0.4, -0.2) is 6.54 Å². The number of fused-ring (bicyclic) bond motifs is 1. The highest BCUT2D eigenvalue weighted by atomic mass is 35.5. The smallest absolute Gasteiger partial charge is 0.0826 e. The van der Waals surface area contributed by atoms with E-state index in [1.165, 1.54) is 12.0 Å². The van der Waals surface area contributed by atoms with Gasteiger partial charge in [-0.1, -0.05) is 29.3 Å². The summed E-state index contributed by atoms with van der Waals surface area (Å²) in [6.07, 6.45) is 2.27. The Kier molecular flexibility index (Phi) is 2.16. The summed E-state index contributed by atoms with van der Waals surface area (Å²) in [6, 6.07) is 3.89. The minimum absolute atomic E-state index is 0.629. The van der Waals surface area contributed by atoms with Crippen molar-refractivity contribution in [2.75, 3.05) is 11.9 Å². The number of anilines is 1. The summed E-state index contributed by atoms with van der Waals surface area (Å²) in [5, 5.41) is 4.55. The Hall–Kier alpha value is -0.400. The van der Waals surface area contributed by atoms with Crippen molar-refractivity contribution in [1.82, 2.24) is 0 Å². The fraction of sp³-hybridized carbons (Fsp3) is 0.333. The molecule has 1 aromatic rings. The summed E-state index contributed by atoms with van der Waals surface area (Å²) in [4.78, 5) is 0. The maximum Gasteiger partial charge on any atom is 0.0826 e. The average Bonchev–Trinajstić information content (AvgIpc) is 2.12. The zero-order valence-corrected chi connectivity index (χ0v) is 8.04. The van der Waals surface area contributed by atoms with E-state index in [2.05, 4.69) is 5.32 Å². The van der Waals surface area contributed by atoms with Crippen LogP contribution in [0.25, 0.3) is 0 Å². The molecule has 0 saturated carbocycles. The minimum atomic E-state index is 0.629. The molecule has 0 bridgehead atoms. The van der Waals surface area contributed by atoms with Crippen LogP contribution in [0.1, 0.15) is 12.0 Å². The van der Waals surface area contributed by atoms with Gasteiger partial charge in [0, 0.05) is 6.54 Å². The predicted molar refractivity (Wildman–Crippen MR) is 53.3 cm³/mol. The van der Waals surface area contributed by atoms with Gasteiger partial charge in [-0.3, -0.25) is 0 Å². The second-order valence-electron chi connectivity index (χ2n) is 2.93. The van der Waals surface area contributed by atoms with E-state index in [0.29, 0.717) is 10.0 Å². The van der Waals surface area contributed by atoms with Crippen molar-refractivity contribution in [1.29, 1.82) is 0 Å². The van der Waals surface area contributed by atoms with Crippen molar-refractivity contribution in [2.45, 2.75) is 12.8 Å². The van der Waals surface area contributed by atoms with Crippen molar-refractivity contribution in [3.63, 3.8) is 0 Å². The van der Waals surface area contributed by atoms with Crippen LogP contribution in [0.3, 0.4) is 0 Å². The molecule has 1 heterocycles. The molecular formula is C9H9Cl2N. The molecule has 0 aliphatic carbocycles. The molecule has 0 fully saturated rings. The summed E-state index contributed by atoms with van der Waals surface area (Å²) in [6.45, 7) is 0.993. The molecule has 2 rings (SSSR count). The van der Waals surface area contributed by atoms with Gasteiger partial charge in [-0.15, -0.1) is 0 Å². The average molecular weight is 202 g/mol. The first-order valence-electron chi connectivity index (χ1n) is 4.00. The monoisotopic (exact) mass is 201 g/mol. The number of benzene rings is 1. The lowest BCUT2D eigenvalue weighted by Crippen LogP contribution is -2.11. The molecule has 0 aromatic heterocycles. The maximum absolute atomic E-state index is 6.02. The van der Waals surface area contributed by atoms with Gasteiger partial charge < -0.3 is 5.32 Å². The molecule has 12 heavy (non-hydrogen) atoms. The van der Waals surface area contributed by atoms with Gasteiger partial charge in [-0.25, -0.2) is 0 Å². The topological polar surface area (TPSA) is 12.0 Å². The maximum atomic E-state index is 6.02. The third-order valence-electron chi connectivity index (χ3n) is 2.11. The quantitative estimate of drug-likeness (QED) is 0.680. The Morgan fingerprint density at radius 2 is 2.08 bits per heavy atom. The second-order valence-corrected chi connectivity index (χ2v) is 3.71. The third-order valence-corrected chi connectivity index (χ3v) is 2.91. The molecule has 1 aliphatic heterocycles. The van der Waals surface area contributed by atoms with Crippen LogP contribution in [-0.2, 0) is 6.42 Å². The Balaban J connectivity index is 2.54. The SMILES string of the molecule is Clc1ccc2c(c1Cl)NCCC2. The first-order chi connectivity index (χ1) is 5.79. The Morgan fingerprint density at radius 1 is 1.25 bits per heavy atom. The first-order valence-corrected chi connectivity index (χ1v) is 4.75. The number of nitrogens with one attached hydrogen (secondary N) is 1. The van der Waals surface area contributed by atoms with Gasteiger partial charge >= 0.3 is 0 Å². The normalized spacial score (nSPS) is 15.2. The van der Waals surface area contributed by atoms with Crippen LogP contribution in [0, 0.1) is 0 Å². The van der Waals surface area contributed by atoms with E-state index < -0.39 is 0 Å². The van der Waals surface area contributed by atoms with Crippen LogP contribution in [0.2, 0.25) is 10.0 Å². The van der Waals surface area contributed by atoms with Crippen molar-refractivity contribution in [3.05, 3.63) is 27.7 Å². The number of hydrogen-bond donors (Lipinski definition) is 1. The number of hydrogen-bond acceptors (Lipinski definition) is 1. The summed E-state index contributed by atoms with van der Waals surface area (Å²) >= 11 is 11.9. The van der Waals surface area contributed by atoms with Gasteiger partial charge in [0.25, 0.3) is 0 Å². The van der Waals surface area contributed by atoms with E-state index in [9.17, 15) is 0 Å². The molecule has 0 unspecified atom stereocenters. The minimum Gasteiger partial charge on any atom is -0.384 e. The van der Waals surface area contributed by atoms with Gasteiger partial charge in [-0.2, -0.15) is 0 Å². The van der Waals surface area contributed by atoms with E-state index in [4.69, 9.17) is 23.2 Å². The molecule has 1 aromatic carbocycles. The summed E-state index contributed by atoms with van der Waals surface area (Å²) in [5.41, 5.74) is 2.30. The Labute approximate surface area is 81.7 Å². The largest absolute Gasteiger partial charge is 0.384 e. The standard InChI is InChI=1S/C9H9Cl2N/c10-7-4-3-6-2-1-5-12-9(6)8(7)11/h3-4,12H,1-2,5H2. The van der Waals surface area contributed by atoms with E-state index in [1.54, 1.807) is 0 Å². The van der Waals surface area contributed by atoms with E-state index in [-0.39, 0.29) is 0 Å². The lowest BCUT2D eigenvalue weighted by molar-refractivity contribution is 0.830. The molecule has 0 saturated heterocycles. The van der Waals surface area contributed by atoms with E-state index >= 15 is 0 Å². The second kappa shape index (κ2) is 3.15. The van der Waals surface area contributed by atoms with Crippen molar-refractivity contribution in [3.8, 4) is 0 Å². The fourth-order valence-corrected chi connectivity index (χ4v) is 1.89. The van der Waals surface area contributed by atoms with Crippen LogP contribution in [0.15, 0.2) is 12.1 Å².